The van der Waals surface area contributed by atoms with Crippen molar-refractivity contribution >= 4 is 5.84 Å². The van der Waals surface area contributed by atoms with Crippen LogP contribution in [0.15, 0.2) is 17.6 Å². The Morgan fingerprint density at radius 1 is 1.78 bits per heavy atom. The van der Waals surface area contributed by atoms with Crippen LogP contribution in [0, 0.1) is 0 Å². The molecule has 0 N–H and O–H groups in total. The predicted molar refractivity (Wildman–Crippen MR) is 39.7 cm³/mol. The molecule has 0 aliphatic carbocycles. The smallest absolute Gasteiger partial charge is 0.122 e. The van der Waals surface area contributed by atoms with E-state index < -0.39 is 0 Å². The molecule has 0 spiro atoms. The van der Waals surface area contributed by atoms with Crippen LogP contribution < -0.4 is 0 Å². The molecule has 0 aromatic carbocycles. The second-order valence-electron chi connectivity index (χ2n) is 2.22. The fraction of sp³-hybridized carbons (Fsp3) is 0.571. The van der Waals surface area contributed by atoms with Crippen LogP contribution in [-0.2, 0) is 0 Å². The molecule has 0 bridgehead atoms. The lowest BCUT2D eigenvalue weighted by molar-refractivity contribution is 0.470. The molecule has 1 aliphatic heterocycles. The maximum absolute atomic E-state index is 4.25. The molecule has 0 radical (unpaired) electrons. The molecule has 1 rings (SSSR count). The minimum absolute atomic E-state index is 0.964. The average molecular weight is 124 g/mol. The summed E-state index contributed by atoms with van der Waals surface area (Å²) in [6.07, 6.45) is 2.98. The summed E-state index contributed by atoms with van der Waals surface area (Å²) < 4.78 is 0. The molecule has 0 saturated carbocycles. The Morgan fingerprint density at radius 2 is 2.56 bits per heavy atom. The third kappa shape index (κ3) is 1.31. The molecule has 0 atom stereocenters. The Balaban J connectivity index is 2.63. The zero-order valence-electron chi connectivity index (χ0n) is 5.80. The van der Waals surface area contributed by atoms with Gasteiger partial charge in [-0.25, -0.2) is 0 Å². The summed E-state index contributed by atoms with van der Waals surface area (Å²) in [6, 6.07) is 0. The van der Waals surface area contributed by atoms with Crippen molar-refractivity contribution in [1.82, 2.24) is 4.90 Å². The lowest BCUT2D eigenvalue weighted by Gasteiger charge is -2.22. The van der Waals surface area contributed by atoms with Crippen molar-refractivity contribution in [2.45, 2.75) is 6.42 Å². The predicted octanol–water partition coefficient (Wildman–Crippen LogP) is 0.906. The summed E-state index contributed by atoms with van der Waals surface area (Å²) in [4.78, 5) is 6.38. The summed E-state index contributed by atoms with van der Waals surface area (Å²) in [6.45, 7) is 5.74. The molecule has 0 amide bonds. The summed E-state index contributed by atoms with van der Waals surface area (Å²) in [5, 5.41) is 0. The van der Waals surface area contributed by atoms with Crippen molar-refractivity contribution in [1.29, 1.82) is 0 Å². The molecular formula is C7H12N2. The van der Waals surface area contributed by atoms with Gasteiger partial charge in [-0.05, 0) is 12.5 Å². The molecule has 2 nitrogen and oxygen atoms in total. The molecule has 1 aliphatic rings. The molecule has 0 fully saturated rings. The SMILES string of the molecule is C=CC1=NCCCN1C. The van der Waals surface area contributed by atoms with Gasteiger partial charge in [0.2, 0.25) is 0 Å². The molecular weight excluding hydrogens is 112 g/mol. The summed E-state index contributed by atoms with van der Waals surface area (Å²) in [5.74, 6) is 1.03. The summed E-state index contributed by atoms with van der Waals surface area (Å²) >= 11 is 0. The molecule has 0 unspecified atom stereocenters. The van der Waals surface area contributed by atoms with Crippen LogP contribution in [0.5, 0.6) is 0 Å². The van der Waals surface area contributed by atoms with Crippen LogP contribution in [0.1, 0.15) is 6.42 Å². The van der Waals surface area contributed by atoms with E-state index >= 15 is 0 Å². The number of hydrogen-bond donors (Lipinski definition) is 0. The Kier molecular flexibility index (Phi) is 1.88. The highest BCUT2D eigenvalue weighted by Crippen LogP contribution is 1.99. The maximum atomic E-state index is 4.25. The quantitative estimate of drug-likeness (QED) is 0.507. The lowest BCUT2D eigenvalue weighted by Crippen LogP contribution is -2.30. The molecule has 50 valence electrons. The first kappa shape index (κ1) is 6.33. The minimum atomic E-state index is 0.964. The third-order valence-electron chi connectivity index (χ3n) is 1.50. The zero-order valence-corrected chi connectivity index (χ0v) is 5.80. The number of rotatable bonds is 1. The maximum Gasteiger partial charge on any atom is 0.122 e. The Labute approximate surface area is 55.9 Å². The Morgan fingerprint density at radius 3 is 3.00 bits per heavy atom. The van der Waals surface area contributed by atoms with Gasteiger partial charge in [-0.3, -0.25) is 4.99 Å². The van der Waals surface area contributed by atoms with Gasteiger partial charge in [-0.2, -0.15) is 0 Å². The molecule has 9 heavy (non-hydrogen) atoms. The van der Waals surface area contributed by atoms with Gasteiger partial charge in [0.15, 0.2) is 0 Å². The average Bonchev–Trinajstić information content (AvgIpc) is 1.89. The highest BCUT2D eigenvalue weighted by molar-refractivity contribution is 5.92. The van der Waals surface area contributed by atoms with Gasteiger partial charge in [0.25, 0.3) is 0 Å². The van der Waals surface area contributed by atoms with Gasteiger partial charge in [0, 0.05) is 20.1 Å². The first-order valence-corrected chi connectivity index (χ1v) is 3.22. The monoisotopic (exact) mass is 124 g/mol. The van der Waals surface area contributed by atoms with Crippen molar-refractivity contribution in [2.24, 2.45) is 4.99 Å². The standard InChI is InChI=1S/C7H12N2/c1-3-7-8-5-4-6-9(7)2/h3H,1,4-6H2,2H3. The van der Waals surface area contributed by atoms with E-state index in [9.17, 15) is 0 Å². The number of nitrogens with zero attached hydrogens (tertiary/aromatic N) is 2. The van der Waals surface area contributed by atoms with E-state index in [1.54, 1.807) is 6.08 Å². The molecule has 2 heteroatoms. The Bertz CT molecular complexity index is 138. The minimum Gasteiger partial charge on any atom is -0.360 e. The molecule has 0 aromatic rings. The number of hydrogen-bond acceptors (Lipinski definition) is 2. The van der Waals surface area contributed by atoms with E-state index in [0.29, 0.717) is 0 Å². The number of amidine groups is 1. The van der Waals surface area contributed by atoms with Gasteiger partial charge in [0.05, 0.1) is 0 Å². The topological polar surface area (TPSA) is 15.6 Å². The summed E-state index contributed by atoms with van der Waals surface area (Å²) in [5.41, 5.74) is 0. The van der Waals surface area contributed by atoms with Crippen molar-refractivity contribution in [3.05, 3.63) is 12.7 Å². The number of likely N-dealkylation sites (N-methyl/N-ethyl adjacent to an activating group) is 1. The first-order chi connectivity index (χ1) is 4.34. The van der Waals surface area contributed by atoms with E-state index in [4.69, 9.17) is 0 Å². The van der Waals surface area contributed by atoms with Crippen molar-refractivity contribution in [3.63, 3.8) is 0 Å². The van der Waals surface area contributed by atoms with Gasteiger partial charge in [0.1, 0.15) is 5.84 Å². The highest BCUT2D eigenvalue weighted by atomic mass is 15.2. The van der Waals surface area contributed by atoms with Crippen LogP contribution >= 0.6 is 0 Å². The summed E-state index contributed by atoms with van der Waals surface area (Å²) in [7, 11) is 2.04. The second-order valence-corrected chi connectivity index (χ2v) is 2.22. The van der Waals surface area contributed by atoms with E-state index in [1.807, 2.05) is 7.05 Å². The molecule has 0 aromatic heterocycles. The van der Waals surface area contributed by atoms with Crippen LogP contribution in [0.25, 0.3) is 0 Å². The van der Waals surface area contributed by atoms with E-state index in [1.165, 1.54) is 6.42 Å². The molecule has 1 heterocycles. The van der Waals surface area contributed by atoms with Crippen molar-refractivity contribution in [3.8, 4) is 0 Å². The largest absolute Gasteiger partial charge is 0.360 e. The van der Waals surface area contributed by atoms with Gasteiger partial charge >= 0.3 is 0 Å². The molecule has 0 saturated heterocycles. The fourth-order valence-electron chi connectivity index (χ4n) is 0.957. The van der Waals surface area contributed by atoms with Crippen LogP contribution in [0.3, 0.4) is 0 Å². The van der Waals surface area contributed by atoms with Gasteiger partial charge < -0.3 is 4.90 Å². The Hall–Kier alpha value is -0.790. The second kappa shape index (κ2) is 2.67. The number of aliphatic imine (C=N–C) groups is 1. The normalized spacial score (nSPS) is 19.2. The van der Waals surface area contributed by atoms with Crippen LogP contribution in [0.4, 0.5) is 0 Å². The highest BCUT2D eigenvalue weighted by Gasteiger charge is 2.05. The first-order valence-electron chi connectivity index (χ1n) is 3.22. The van der Waals surface area contributed by atoms with Crippen molar-refractivity contribution in [2.75, 3.05) is 20.1 Å². The van der Waals surface area contributed by atoms with Gasteiger partial charge in [-0.1, -0.05) is 6.58 Å². The van der Waals surface area contributed by atoms with Gasteiger partial charge in [-0.15, -0.1) is 0 Å². The van der Waals surface area contributed by atoms with E-state index in [0.717, 1.165) is 18.9 Å². The zero-order chi connectivity index (χ0) is 6.69. The van der Waals surface area contributed by atoms with Crippen LogP contribution in [0.2, 0.25) is 0 Å². The van der Waals surface area contributed by atoms with Crippen molar-refractivity contribution < 1.29 is 0 Å². The lowest BCUT2D eigenvalue weighted by atomic mass is 10.3. The third-order valence-corrected chi connectivity index (χ3v) is 1.50. The van der Waals surface area contributed by atoms with E-state index in [-0.39, 0.29) is 0 Å². The van der Waals surface area contributed by atoms with E-state index in [2.05, 4.69) is 16.5 Å². The fourth-order valence-corrected chi connectivity index (χ4v) is 0.957. The van der Waals surface area contributed by atoms with Crippen LogP contribution in [-0.4, -0.2) is 30.9 Å².